The van der Waals surface area contributed by atoms with E-state index in [9.17, 15) is 4.79 Å². The molecule has 7 heteroatoms. The summed E-state index contributed by atoms with van der Waals surface area (Å²) in [6.07, 6.45) is 6.82. The summed E-state index contributed by atoms with van der Waals surface area (Å²) in [5.74, 6) is 0.570. The van der Waals surface area contributed by atoms with Crippen LogP contribution >= 0.6 is 11.3 Å². The van der Waals surface area contributed by atoms with Crippen molar-refractivity contribution in [3.63, 3.8) is 0 Å². The minimum absolute atomic E-state index is 0.0753. The first-order valence-electron chi connectivity index (χ1n) is 11.4. The van der Waals surface area contributed by atoms with Crippen LogP contribution in [0.1, 0.15) is 40.2 Å². The number of aromatic nitrogens is 2. The first-order chi connectivity index (χ1) is 16.0. The Morgan fingerprint density at radius 2 is 2.18 bits per heavy atom. The minimum atomic E-state index is -0.0753. The van der Waals surface area contributed by atoms with Crippen molar-refractivity contribution in [2.75, 3.05) is 20.3 Å². The Labute approximate surface area is 198 Å². The number of nitrogens with zero attached hydrogens (tertiary/aromatic N) is 3. The second-order valence-electron chi connectivity index (χ2n) is 8.82. The lowest BCUT2D eigenvalue weighted by atomic mass is 9.93. The molecule has 0 spiro atoms. The highest BCUT2D eigenvalue weighted by molar-refractivity contribution is 7.09. The van der Waals surface area contributed by atoms with Gasteiger partial charge in [0.1, 0.15) is 12.4 Å². The summed E-state index contributed by atoms with van der Waals surface area (Å²) >= 11 is 1.60. The summed E-state index contributed by atoms with van der Waals surface area (Å²) in [4.78, 5) is 19.6. The van der Waals surface area contributed by atoms with Crippen LogP contribution in [0.3, 0.4) is 0 Å². The molecule has 1 saturated heterocycles. The van der Waals surface area contributed by atoms with E-state index >= 15 is 0 Å². The van der Waals surface area contributed by atoms with Crippen LogP contribution in [-0.4, -0.2) is 40.8 Å². The van der Waals surface area contributed by atoms with E-state index in [-0.39, 0.29) is 5.56 Å². The first-order valence-corrected chi connectivity index (χ1v) is 12.3. The fraction of sp³-hybridized carbons (Fsp3) is 0.385. The average molecular weight is 464 g/mol. The molecule has 3 heterocycles. The highest BCUT2D eigenvalue weighted by atomic mass is 32.1. The van der Waals surface area contributed by atoms with Crippen molar-refractivity contribution < 1.29 is 9.47 Å². The minimum Gasteiger partial charge on any atom is -0.487 e. The molecular weight excluding hydrogens is 434 g/mol. The lowest BCUT2D eigenvalue weighted by molar-refractivity contribution is 0.156. The van der Waals surface area contributed by atoms with E-state index in [1.807, 2.05) is 24.6 Å². The van der Waals surface area contributed by atoms with Gasteiger partial charge in [0, 0.05) is 42.5 Å². The Kier molecular flexibility index (Phi) is 6.44. The van der Waals surface area contributed by atoms with Gasteiger partial charge in [-0.3, -0.25) is 14.3 Å². The van der Waals surface area contributed by atoms with Crippen molar-refractivity contribution in [3.8, 4) is 5.75 Å². The first kappa shape index (κ1) is 22.1. The van der Waals surface area contributed by atoms with E-state index < -0.39 is 0 Å². The van der Waals surface area contributed by atoms with Crippen molar-refractivity contribution in [1.29, 1.82) is 0 Å². The smallest absolute Gasteiger partial charge is 0.258 e. The summed E-state index contributed by atoms with van der Waals surface area (Å²) < 4.78 is 13.0. The maximum absolute atomic E-state index is 12.8. The summed E-state index contributed by atoms with van der Waals surface area (Å²) in [5.41, 5.74) is 5.69. The summed E-state index contributed by atoms with van der Waals surface area (Å²) in [6.45, 7) is 4.96. The van der Waals surface area contributed by atoms with Gasteiger partial charge in [0.15, 0.2) is 0 Å². The van der Waals surface area contributed by atoms with Crippen LogP contribution in [0, 0.1) is 6.92 Å². The topological polar surface area (TPSA) is 56.6 Å². The van der Waals surface area contributed by atoms with E-state index in [4.69, 9.17) is 9.47 Å². The van der Waals surface area contributed by atoms with Crippen molar-refractivity contribution in [2.45, 2.75) is 45.4 Å². The van der Waals surface area contributed by atoms with E-state index in [1.165, 1.54) is 16.7 Å². The van der Waals surface area contributed by atoms with Gasteiger partial charge in [0.2, 0.25) is 0 Å². The van der Waals surface area contributed by atoms with Crippen molar-refractivity contribution >= 4 is 23.1 Å². The van der Waals surface area contributed by atoms with Crippen LogP contribution in [-0.2, 0) is 24.3 Å². The van der Waals surface area contributed by atoms with Crippen LogP contribution < -0.4 is 10.3 Å². The molecule has 1 aliphatic carbocycles. The van der Waals surface area contributed by atoms with E-state index in [2.05, 4.69) is 41.2 Å². The molecule has 1 aromatic carbocycles. The van der Waals surface area contributed by atoms with Gasteiger partial charge in [-0.05, 0) is 62.1 Å². The number of fused-ring (bicyclic) bond motifs is 1. The molecule has 5 rings (SSSR count). The maximum Gasteiger partial charge on any atom is 0.258 e. The van der Waals surface area contributed by atoms with Crippen LogP contribution in [0.25, 0.3) is 11.8 Å². The molecule has 0 radical (unpaired) electrons. The molecule has 0 unspecified atom stereocenters. The number of hydrogen-bond acceptors (Lipinski definition) is 6. The summed E-state index contributed by atoms with van der Waals surface area (Å²) in [5, 5.41) is 2.99. The number of rotatable bonds is 7. The molecule has 0 saturated carbocycles. The van der Waals surface area contributed by atoms with Crippen LogP contribution in [0.4, 0.5) is 0 Å². The largest absolute Gasteiger partial charge is 0.487 e. The maximum atomic E-state index is 12.8. The van der Waals surface area contributed by atoms with Crippen LogP contribution in [0.5, 0.6) is 5.75 Å². The van der Waals surface area contributed by atoms with Gasteiger partial charge in [-0.15, -0.1) is 11.3 Å². The third-order valence-corrected chi connectivity index (χ3v) is 7.22. The van der Waals surface area contributed by atoms with Gasteiger partial charge >= 0.3 is 0 Å². The standard InChI is InChI=1S/C26H29N3O3S/c1-18-27-22(17-33-18)15-32-25-7-9-29(26(30)13-25)23-6-5-20-11-19(3-4-21(20)12-23)14-28(2)24-8-10-31-16-24/h3-4,7,9,11-13,17,24H,5-6,8,10,14-16H2,1-2H3/t24-/m0/s1. The Morgan fingerprint density at radius 1 is 1.27 bits per heavy atom. The molecule has 1 aliphatic heterocycles. The van der Waals surface area contributed by atoms with E-state index in [0.29, 0.717) is 18.4 Å². The van der Waals surface area contributed by atoms with Gasteiger partial charge in [-0.1, -0.05) is 18.2 Å². The Morgan fingerprint density at radius 3 is 2.94 bits per heavy atom. The highest BCUT2D eigenvalue weighted by Crippen LogP contribution is 2.28. The quantitative estimate of drug-likeness (QED) is 0.521. The van der Waals surface area contributed by atoms with Gasteiger partial charge in [-0.2, -0.15) is 0 Å². The summed E-state index contributed by atoms with van der Waals surface area (Å²) in [6, 6.07) is 10.6. The zero-order valence-corrected chi connectivity index (χ0v) is 19.9. The lowest BCUT2D eigenvalue weighted by Gasteiger charge is -2.24. The number of benzene rings is 1. The second-order valence-corrected chi connectivity index (χ2v) is 9.88. The molecule has 1 fully saturated rings. The van der Waals surface area contributed by atoms with E-state index in [0.717, 1.165) is 55.4 Å². The predicted molar refractivity (Wildman–Crippen MR) is 132 cm³/mol. The van der Waals surface area contributed by atoms with Gasteiger partial charge in [-0.25, -0.2) is 4.98 Å². The number of hydrogen-bond donors (Lipinski definition) is 0. The number of allylic oxidation sites excluding steroid dienone is 1. The van der Waals surface area contributed by atoms with Gasteiger partial charge in [0.05, 0.1) is 17.3 Å². The molecule has 172 valence electrons. The normalized spacial score (nSPS) is 17.8. The highest BCUT2D eigenvalue weighted by Gasteiger charge is 2.21. The third kappa shape index (κ3) is 5.11. The number of pyridine rings is 1. The Hall–Kier alpha value is -2.74. The SMILES string of the molecule is Cc1nc(COc2ccn(C3=Cc4ccc(CN(C)[C@H]5CCOC5)cc4CC3)c(=O)c2)cs1. The zero-order valence-electron chi connectivity index (χ0n) is 19.1. The van der Waals surface area contributed by atoms with Crippen molar-refractivity contribution in [1.82, 2.24) is 14.5 Å². The van der Waals surface area contributed by atoms with E-state index in [1.54, 1.807) is 22.0 Å². The molecule has 2 aliphatic rings. The number of ether oxygens (including phenoxy) is 2. The zero-order chi connectivity index (χ0) is 22.8. The Bertz CT molecular complexity index is 1220. The Balaban J connectivity index is 1.27. The number of aryl methyl sites for hydroxylation is 2. The number of thiazole rings is 1. The van der Waals surface area contributed by atoms with Crippen molar-refractivity contribution in [2.24, 2.45) is 0 Å². The van der Waals surface area contributed by atoms with Crippen molar-refractivity contribution in [3.05, 3.63) is 79.7 Å². The predicted octanol–water partition coefficient (Wildman–Crippen LogP) is 4.36. The molecule has 2 aromatic heterocycles. The molecule has 0 N–H and O–H groups in total. The van der Waals surface area contributed by atoms with Crippen LogP contribution in [0.15, 0.2) is 46.7 Å². The fourth-order valence-corrected chi connectivity index (χ4v) is 5.12. The average Bonchev–Trinajstić information content (AvgIpc) is 3.49. The molecule has 0 bridgehead atoms. The fourth-order valence-electron chi connectivity index (χ4n) is 4.53. The second kappa shape index (κ2) is 9.63. The molecule has 33 heavy (non-hydrogen) atoms. The summed E-state index contributed by atoms with van der Waals surface area (Å²) in [7, 11) is 2.18. The van der Waals surface area contributed by atoms with Gasteiger partial charge in [0.25, 0.3) is 5.56 Å². The monoisotopic (exact) mass is 463 g/mol. The van der Waals surface area contributed by atoms with Gasteiger partial charge < -0.3 is 9.47 Å². The number of likely N-dealkylation sites (N-methyl/N-ethyl adjacent to an activating group) is 1. The van der Waals surface area contributed by atoms with Crippen LogP contribution in [0.2, 0.25) is 0 Å². The molecule has 0 amide bonds. The molecule has 6 nitrogen and oxygen atoms in total. The third-order valence-electron chi connectivity index (χ3n) is 6.39. The molecular formula is C26H29N3O3S. The molecule has 1 atom stereocenters. The molecule has 3 aromatic rings. The lowest BCUT2D eigenvalue weighted by Crippen LogP contribution is -2.31.